The minimum Gasteiger partial charge on any atom is -0.463 e. The lowest BCUT2D eigenvalue weighted by Gasteiger charge is -2.10. The Bertz CT molecular complexity index is 377. The van der Waals surface area contributed by atoms with Crippen LogP contribution in [0.1, 0.15) is 19.4 Å². The fraction of sp³-hybridized carbons (Fsp3) is 0.417. The highest BCUT2D eigenvalue weighted by atomic mass is 35.5. The second-order valence-corrected chi connectivity index (χ2v) is 4.96. The number of rotatable bonds is 4. The van der Waals surface area contributed by atoms with Gasteiger partial charge in [0.1, 0.15) is 0 Å². The number of carbonyl (C=O) groups excluding carboxylic acids is 1. The Hall–Kier alpha value is -0.670. The number of hydrogen-bond donors (Lipinski definition) is 0. The third-order valence-corrected chi connectivity index (χ3v) is 3.02. The number of carbonyl (C=O) groups is 1. The summed E-state index contributed by atoms with van der Waals surface area (Å²) in [6.45, 7) is 3.68. The first-order valence-corrected chi connectivity index (χ1v) is 6.65. The molecule has 0 saturated carbocycles. The molecule has 0 aliphatic carbocycles. The molecule has 0 aliphatic rings. The smallest absolute Gasteiger partial charge is 0.310 e. The van der Waals surface area contributed by atoms with Crippen molar-refractivity contribution in [3.8, 4) is 0 Å². The van der Waals surface area contributed by atoms with Crippen LogP contribution in [0, 0.1) is 0 Å². The van der Waals surface area contributed by atoms with Gasteiger partial charge in [-0.15, -0.1) is 11.8 Å². The zero-order chi connectivity index (χ0) is 12.1. The number of halogens is 1. The van der Waals surface area contributed by atoms with Gasteiger partial charge < -0.3 is 4.74 Å². The van der Waals surface area contributed by atoms with E-state index in [9.17, 15) is 4.79 Å². The first-order valence-electron chi connectivity index (χ1n) is 5.05. The van der Waals surface area contributed by atoms with E-state index in [4.69, 9.17) is 16.3 Å². The van der Waals surface area contributed by atoms with Gasteiger partial charge in [0.2, 0.25) is 0 Å². The third-order valence-electron chi connectivity index (χ3n) is 1.94. The molecule has 88 valence electrons. The number of thioether (sulfide) groups is 1. The first kappa shape index (κ1) is 13.4. The van der Waals surface area contributed by atoms with Gasteiger partial charge in [-0.3, -0.25) is 4.79 Å². The molecule has 0 fully saturated rings. The lowest BCUT2D eigenvalue weighted by molar-refractivity contribution is -0.146. The molecule has 0 aromatic heterocycles. The van der Waals surface area contributed by atoms with Gasteiger partial charge in [0, 0.05) is 9.92 Å². The Morgan fingerprint density at radius 3 is 2.75 bits per heavy atom. The molecule has 0 radical (unpaired) electrons. The zero-order valence-electron chi connectivity index (χ0n) is 9.62. The van der Waals surface area contributed by atoms with E-state index < -0.39 is 0 Å². The van der Waals surface area contributed by atoms with Crippen LogP contribution in [0.25, 0.3) is 0 Å². The molecule has 0 spiro atoms. The summed E-state index contributed by atoms with van der Waals surface area (Å²) in [6.07, 6.45) is 2.17. The van der Waals surface area contributed by atoms with E-state index in [0.29, 0.717) is 5.02 Å². The molecule has 0 bridgehead atoms. The largest absolute Gasteiger partial charge is 0.463 e. The van der Waals surface area contributed by atoms with Gasteiger partial charge in [-0.2, -0.15) is 0 Å². The second-order valence-electron chi connectivity index (χ2n) is 3.67. The second kappa shape index (κ2) is 6.16. The summed E-state index contributed by atoms with van der Waals surface area (Å²) in [5.41, 5.74) is 0.922. The van der Waals surface area contributed by atoms with E-state index in [-0.39, 0.29) is 18.5 Å². The molecule has 1 aromatic rings. The summed E-state index contributed by atoms with van der Waals surface area (Å²) in [5, 5.41) is 0.644. The molecule has 4 heteroatoms. The molecule has 1 rings (SSSR count). The summed E-state index contributed by atoms with van der Waals surface area (Å²) in [4.78, 5) is 12.6. The zero-order valence-corrected chi connectivity index (χ0v) is 11.2. The van der Waals surface area contributed by atoms with Crippen LogP contribution in [-0.4, -0.2) is 18.3 Å². The van der Waals surface area contributed by atoms with E-state index in [1.165, 1.54) is 0 Å². The van der Waals surface area contributed by atoms with Crippen molar-refractivity contribution in [2.45, 2.75) is 31.3 Å². The van der Waals surface area contributed by atoms with Gasteiger partial charge in [0.15, 0.2) is 0 Å². The van der Waals surface area contributed by atoms with Crippen LogP contribution in [0.3, 0.4) is 0 Å². The van der Waals surface area contributed by atoms with Gasteiger partial charge in [-0.05, 0) is 43.9 Å². The van der Waals surface area contributed by atoms with Crippen molar-refractivity contribution in [2.24, 2.45) is 0 Å². The van der Waals surface area contributed by atoms with Crippen LogP contribution in [-0.2, 0) is 16.0 Å². The maximum atomic E-state index is 11.5. The van der Waals surface area contributed by atoms with E-state index in [1.54, 1.807) is 11.8 Å². The maximum Gasteiger partial charge on any atom is 0.310 e. The predicted octanol–water partition coefficient (Wildman–Crippen LogP) is 3.56. The Labute approximate surface area is 105 Å². The van der Waals surface area contributed by atoms with Crippen molar-refractivity contribution < 1.29 is 9.53 Å². The SMILES string of the molecule is CSc1ccc(Cl)cc1CC(=O)OC(C)C. The summed E-state index contributed by atoms with van der Waals surface area (Å²) in [6, 6.07) is 5.56. The maximum absolute atomic E-state index is 11.5. The molecule has 0 unspecified atom stereocenters. The van der Waals surface area contributed by atoms with Crippen molar-refractivity contribution in [1.29, 1.82) is 0 Å². The highest BCUT2D eigenvalue weighted by Crippen LogP contribution is 2.24. The highest BCUT2D eigenvalue weighted by molar-refractivity contribution is 7.98. The van der Waals surface area contributed by atoms with Crippen molar-refractivity contribution in [3.05, 3.63) is 28.8 Å². The standard InChI is InChI=1S/C12H15ClO2S/c1-8(2)15-12(14)7-9-6-10(13)4-5-11(9)16-3/h4-6,8H,7H2,1-3H3. The average Bonchev–Trinajstić information content (AvgIpc) is 2.16. The number of esters is 1. The van der Waals surface area contributed by atoms with Crippen LogP contribution in [0.4, 0.5) is 0 Å². The number of hydrogen-bond acceptors (Lipinski definition) is 3. The Morgan fingerprint density at radius 1 is 1.50 bits per heavy atom. The number of ether oxygens (including phenoxy) is 1. The quantitative estimate of drug-likeness (QED) is 0.610. The molecule has 1 aromatic carbocycles. The highest BCUT2D eigenvalue weighted by Gasteiger charge is 2.10. The molecule has 16 heavy (non-hydrogen) atoms. The average molecular weight is 259 g/mol. The molecule has 0 N–H and O–H groups in total. The van der Waals surface area contributed by atoms with E-state index in [0.717, 1.165) is 10.5 Å². The molecule has 2 nitrogen and oxygen atoms in total. The fourth-order valence-corrected chi connectivity index (χ4v) is 2.14. The summed E-state index contributed by atoms with van der Waals surface area (Å²) in [7, 11) is 0. The van der Waals surface area contributed by atoms with Gasteiger partial charge in [0.25, 0.3) is 0 Å². The lowest BCUT2D eigenvalue weighted by atomic mass is 10.1. The summed E-state index contributed by atoms with van der Waals surface area (Å²) < 4.78 is 5.10. The monoisotopic (exact) mass is 258 g/mol. The van der Waals surface area contributed by atoms with Crippen LogP contribution in [0.15, 0.2) is 23.1 Å². The van der Waals surface area contributed by atoms with Crippen molar-refractivity contribution in [1.82, 2.24) is 0 Å². The first-order chi connectivity index (χ1) is 7.52. The predicted molar refractivity (Wildman–Crippen MR) is 68.2 cm³/mol. The molecule has 0 saturated heterocycles. The van der Waals surface area contributed by atoms with E-state index in [2.05, 4.69) is 0 Å². The van der Waals surface area contributed by atoms with Crippen molar-refractivity contribution >= 4 is 29.3 Å². The summed E-state index contributed by atoms with van der Waals surface area (Å²) in [5.74, 6) is -0.215. The van der Waals surface area contributed by atoms with E-state index >= 15 is 0 Å². The van der Waals surface area contributed by atoms with Crippen molar-refractivity contribution in [2.75, 3.05) is 6.26 Å². The van der Waals surface area contributed by atoms with Gasteiger partial charge in [0.05, 0.1) is 12.5 Å². The molecule has 0 atom stereocenters. The minimum atomic E-state index is -0.215. The molecular weight excluding hydrogens is 244 g/mol. The molecule has 0 amide bonds. The van der Waals surface area contributed by atoms with Crippen LogP contribution < -0.4 is 0 Å². The minimum absolute atomic E-state index is 0.0792. The van der Waals surface area contributed by atoms with Gasteiger partial charge in [-0.25, -0.2) is 0 Å². The normalized spacial score (nSPS) is 10.6. The topological polar surface area (TPSA) is 26.3 Å². The summed E-state index contributed by atoms with van der Waals surface area (Å²) >= 11 is 7.50. The Kier molecular flexibility index (Phi) is 5.16. The van der Waals surface area contributed by atoms with Crippen LogP contribution >= 0.6 is 23.4 Å². The van der Waals surface area contributed by atoms with Crippen LogP contribution in [0.2, 0.25) is 5.02 Å². The third kappa shape index (κ3) is 4.06. The Morgan fingerprint density at radius 2 is 2.19 bits per heavy atom. The lowest BCUT2D eigenvalue weighted by Crippen LogP contribution is -2.14. The molecule has 0 heterocycles. The van der Waals surface area contributed by atoms with Crippen LogP contribution in [0.5, 0.6) is 0 Å². The van der Waals surface area contributed by atoms with Crippen molar-refractivity contribution in [3.63, 3.8) is 0 Å². The van der Waals surface area contributed by atoms with Gasteiger partial charge in [-0.1, -0.05) is 11.6 Å². The van der Waals surface area contributed by atoms with Gasteiger partial charge >= 0.3 is 5.97 Å². The molecular formula is C12H15ClO2S. The fourth-order valence-electron chi connectivity index (χ4n) is 1.35. The Balaban J connectivity index is 2.79. The number of benzene rings is 1. The van der Waals surface area contributed by atoms with E-state index in [1.807, 2.05) is 38.3 Å². The molecule has 0 aliphatic heterocycles.